The van der Waals surface area contributed by atoms with Gasteiger partial charge in [0.25, 0.3) is 5.91 Å². The molecular weight excluding hydrogens is 418 g/mol. The van der Waals surface area contributed by atoms with E-state index in [1.54, 1.807) is 12.1 Å². The fraction of sp³-hybridized carbons (Fsp3) is 0. The molecule has 1 amide bonds. The minimum Gasteiger partial charge on any atom is -0.321 e. The highest BCUT2D eigenvalue weighted by Gasteiger charge is 2.11. The highest BCUT2D eigenvalue weighted by Crippen LogP contribution is 2.32. The van der Waals surface area contributed by atoms with Crippen molar-refractivity contribution in [1.29, 1.82) is 0 Å². The van der Waals surface area contributed by atoms with Crippen molar-refractivity contribution in [3.8, 4) is 11.1 Å². The Morgan fingerprint density at radius 3 is 2.13 bits per heavy atom. The average Bonchev–Trinajstić information content (AvgIpc) is 2.57. The van der Waals surface area contributed by atoms with E-state index < -0.39 is 0 Å². The Morgan fingerprint density at radius 1 is 0.783 bits per heavy atom. The molecule has 2 nitrogen and oxygen atoms in total. The molecule has 0 spiro atoms. The van der Waals surface area contributed by atoms with Gasteiger partial charge in [0.1, 0.15) is 0 Å². The Morgan fingerprint density at radius 2 is 1.43 bits per heavy atom. The maximum Gasteiger partial charge on any atom is 0.255 e. The van der Waals surface area contributed by atoms with Crippen molar-refractivity contribution in [2.45, 2.75) is 0 Å². The van der Waals surface area contributed by atoms with E-state index >= 15 is 0 Å². The highest BCUT2D eigenvalue weighted by atomic mass is 79.9. The monoisotopic (exact) mass is 429 g/mol. The lowest BCUT2D eigenvalue weighted by atomic mass is 10.0. The van der Waals surface area contributed by atoms with Gasteiger partial charge in [0.05, 0.1) is 0 Å². The molecule has 0 radical (unpaired) electrons. The summed E-state index contributed by atoms with van der Waals surface area (Å²) in [5.41, 5.74) is 3.43. The Labute approximate surface area is 151 Å². The molecule has 4 heteroatoms. The van der Waals surface area contributed by atoms with Crippen molar-refractivity contribution in [3.63, 3.8) is 0 Å². The predicted octanol–water partition coefficient (Wildman–Crippen LogP) is 6.13. The first-order valence-electron chi connectivity index (χ1n) is 7.05. The van der Waals surface area contributed by atoms with Crippen LogP contribution in [0.5, 0.6) is 0 Å². The molecule has 0 aliphatic rings. The molecule has 0 saturated heterocycles. The van der Waals surface area contributed by atoms with Gasteiger partial charge < -0.3 is 5.32 Å². The second kappa shape index (κ2) is 7.11. The smallest absolute Gasteiger partial charge is 0.255 e. The highest BCUT2D eigenvalue weighted by molar-refractivity contribution is 9.10. The first-order chi connectivity index (χ1) is 11.1. The van der Waals surface area contributed by atoms with Crippen LogP contribution in [0.4, 0.5) is 5.69 Å². The van der Waals surface area contributed by atoms with Gasteiger partial charge >= 0.3 is 0 Å². The van der Waals surface area contributed by atoms with Crippen LogP contribution in [-0.4, -0.2) is 5.91 Å². The van der Waals surface area contributed by atoms with Gasteiger partial charge in [0, 0.05) is 25.8 Å². The first-order valence-corrected chi connectivity index (χ1v) is 8.64. The summed E-state index contributed by atoms with van der Waals surface area (Å²) in [6.07, 6.45) is 0. The van der Waals surface area contributed by atoms with Crippen molar-refractivity contribution in [3.05, 3.63) is 87.3 Å². The van der Waals surface area contributed by atoms with Crippen molar-refractivity contribution in [2.24, 2.45) is 0 Å². The van der Waals surface area contributed by atoms with Crippen LogP contribution in [0.15, 0.2) is 81.7 Å². The summed E-state index contributed by atoms with van der Waals surface area (Å²) in [6.45, 7) is 0. The van der Waals surface area contributed by atoms with E-state index in [2.05, 4.69) is 37.2 Å². The summed E-state index contributed by atoms with van der Waals surface area (Å²) in [4.78, 5) is 12.4. The van der Waals surface area contributed by atoms with Crippen molar-refractivity contribution >= 4 is 43.5 Å². The number of carbonyl (C=O) groups is 1. The zero-order valence-electron chi connectivity index (χ0n) is 12.1. The topological polar surface area (TPSA) is 29.1 Å². The lowest BCUT2D eigenvalue weighted by Gasteiger charge is -2.12. The first kappa shape index (κ1) is 16.0. The summed E-state index contributed by atoms with van der Waals surface area (Å²) in [5, 5.41) is 3.00. The van der Waals surface area contributed by atoms with E-state index in [9.17, 15) is 4.79 Å². The molecule has 0 bridgehead atoms. The number of benzene rings is 3. The van der Waals surface area contributed by atoms with Crippen LogP contribution >= 0.6 is 31.9 Å². The summed E-state index contributed by atoms with van der Waals surface area (Å²) in [5.74, 6) is -0.123. The van der Waals surface area contributed by atoms with E-state index in [1.165, 1.54) is 0 Å². The molecule has 1 N–H and O–H groups in total. The van der Waals surface area contributed by atoms with Crippen molar-refractivity contribution in [2.75, 3.05) is 5.32 Å². The Hall–Kier alpha value is -1.91. The normalized spacial score (nSPS) is 10.3. The van der Waals surface area contributed by atoms with Gasteiger partial charge in [-0.15, -0.1) is 0 Å². The zero-order valence-corrected chi connectivity index (χ0v) is 15.3. The molecule has 0 aliphatic carbocycles. The molecule has 0 saturated carbocycles. The minimum absolute atomic E-state index is 0.123. The Balaban J connectivity index is 1.97. The zero-order chi connectivity index (χ0) is 16.2. The molecule has 0 heterocycles. The maximum atomic E-state index is 12.4. The van der Waals surface area contributed by atoms with Crippen LogP contribution in [0.2, 0.25) is 0 Å². The molecule has 0 atom stereocenters. The number of hydrogen-bond acceptors (Lipinski definition) is 1. The van der Waals surface area contributed by atoms with Gasteiger partial charge in [-0.1, -0.05) is 68.3 Å². The van der Waals surface area contributed by atoms with E-state index in [0.29, 0.717) is 5.56 Å². The number of nitrogens with one attached hydrogen (secondary N) is 1. The largest absolute Gasteiger partial charge is 0.321 e. The lowest BCUT2D eigenvalue weighted by molar-refractivity contribution is 0.102. The number of halogens is 2. The van der Waals surface area contributed by atoms with E-state index in [4.69, 9.17) is 0 Å². The van der Waals surface area contributed by atoms with Gasteiger partial charge in [0.15, 0.2) is 0 Å². The van der Waals surface area contributed by atoms with Crippen LogP contribution in [0.25, 0.3) is 11.1 Å². The Kier molecular flexibility index (Phi) is 4.94. The molecule has 0 aliphatic heterocycles. The van der Waals surface area contributed by atoms with Crippen molar-refractivity contribution < 1.29 is 4.79 Å². The summed E-state index contributed by atoms with van der Waals surface area (Å²) < 4.78 is 1.94. The van der Waals surface area contributed by atoms with Gasteiger partial charge in [-0.3, -0.25) is 4.79 Å². The number of anilines is 1. The van der Waals surface area contributed by atoms with Gasteiger partial charge in [-0.05, 0) is 42.0 Å². The third kappa shape index (κ3) is 3.89. The fourth-order valence-corrected chi connectivity index (χ4v) is 2.91. The number of amides is 1. The standard InChI is InChI=1S/C19H13Br2NO/c20-15-8-6-13(7-9-15)17-11-10-16(21)12-18(17)22-19(23)14-4-2-1-3-5-14/h1-12H,(H,22,23). The Bertz CT molecular complexity index is 830. The van der Waals surface area contributed by atoms with Crippen LogP contribution in [0.3, 0.4) is 0 Å². The third-order valence-corrected chi connectivity index (χ3v) is 4.44. The molecule has 0 unspecified atom stereocenters. The molecular formula is C19H13Br2NO. The van der Waals surface area contributed by atoms with Gasteiger partial charge in [-0.2, -0.15) is 0 Å². The minimum atomic E-state index is -0.123. The van der Waals surface area contributed by atoms with Crippen LogP contribution in [0, 0.1) is 0 Å². The van der Waals surface area contributed by atoms with Gasteiger partial charge in [0.2, 0.25) is 0 Å². The molecule has 114 valence electrons. The molecule has 3 rings (SSSR count). The summed E-state index contributed by atoms with van der Waals surface area (Å²) >= 11 is 6.91. The van der Waals surface area contributed by atoms with Gasteiger partial charge in [-0.25, -0.2) is 0 Å². The van der Waals surface area contributed by atoms with Crippen LogP contribution in [0.1, 0.15) is 10.4 Å². The SMILES string of the molecule is O=C(Nc1cc(Br)ccc1-c1ccc(Br)cc1)c1ccccc1. The predicted molar refractivity (Wildman–Crippen MR) is 102 cm³/mol. The maximum absolute atomic E-state index is 12.4. The molecule has 3 aromatic carbocycles. The number of carbonyl (C=O) groups excluding carboxylic acids is 1. The van der Waals surface area contributed by atoms with E-state index in [1.807, 2.05) is 60.7 Å². The summed E-state index contributed by atoms with van der Waals surface area (Å²) in [6, 6.07) is 23.1. The molecule has 23 heavy (non-hydrogen) atoms. The average molecular weight is 431 g/mol. The van der Waals surface area contributed by atoms with Crippen LogP contribution in [-0.2, 0) is 0 Å². The fourth-order valence-electron chi connectivity index (χ4n) is 2.29. The second-order valence-corrected chi connectivity index (χ2v) is 6.85. The lowest BCUT2D eigenvalue weighted by Crippen LogP contribution is -2.12. The molecule has 0 aromatic heterocycles. The second-order valence-electron chi connectivity index (χ2n) is 5.02. The number of hydrogen-bond donors (Lipinski definition) is 1. The quantitative estimate of drug-likeness (QED) is 0.531. The van der Waals surface area contributed by atoms with Crippen LogP contribution < -0.4 is 5.32 Å². The number of rotatable bonds is 3. The third-order valence-electron chi connectivity index (χ3n) is 3.42. The van der Waals surface area contributed by atoms with Crippen molar-refractivity contribution in [1.82, 2.24) is 0 Å². The summed E-state index contributed by atoms with van der Waals surface area (Å²) in [7, 11) is 0. The van der Waals surface area contributed by atoms with E-state index in [-0.39, 0.29) is 5.91 Å². The molecule has 0 fully saturated rings. The van der Waals surface area contributed by atoms with E-state index in [0.717, 1.165) is 25.8 Å². The molecule has 3 aromatic rings.